The fourth-order valence-electron chi connectivity index (χ4n) is 13.6. The first kappa shape index (κ1) is 61.3. The van der Waals surface area contributed by atoms with E-state index in [9.17, 15) is 0 Å². The molecule has 0 heteroatoms. The summed E-state index contributed by atoms with van der Waals surface area (Å²) < 4.78 is 0. The van der Waals surface area contributed by atoms with Crippen molar-refractivity contribution in [3.8, 4) is 0 Å². The molecule has 0 radical (unpaired) electrons. The molecule has 0 amide bonds. The van der Waals surface area contributed by atoms with Crippen molar-refractivity contribution in [1.29, 1.82) is 0 Å². The molecule has 0 aromatic rings. The predicted octanol–water partition coefficient (Wildman–Crippen LogP) is 24.0. The molecule has 3 aliphatic carbocycles. The number of hydrogen-bond acceptors (Lipinski definition) is 0. The molecular formula is C68H124. The van der Waals surface area contributed by atoms with Gasteiger partial charge in [-0.3, -0.25) is 0 Å². The van der Waals surface area contributed by atoms with Crippen LogP contribution in [-0.2, 0) is 0 Å². The van der Waals surface area contributed by atoms with Gasteiger partial charge in [-0.05, 0) is 187 Å². The topological polar surface area (TPSA) is 0 Å². The zero-order valence-electron chi connectivity index (χ0n) is 48.0. The van der Waals surface area contributed by atoms with Gasteiger partial charge in [-0.25, -0.2) is 0 Å². The summed E-state index contributed by atoms with van der Waals surface area (Å²) in [6.45, 7) is 19.4. The van der Waals surface area contributed by atoms with Gasteiger partial charge in [0, 0.05) is 0 Å². The lowest BCUT2D eigenvalue weighted by atomic mass is 9.59. The van der Waals surface area contributed by atoms with Crippen molar-refractivity contribution in [3.05, 3.63) is 48.6 Å². The van der Waals surface area contributed by atoms with Gasteiger partial charge in [0.25, 0.3) is 0 Å². The zero-order valence-corrected chi connectivity index (χ0v) is 48.0. The Morgan fingerprint density at radius 3 is 1.10 bits per heavy atom. The molecule has 1 spiro atoms. The smallest absolute Gasteiger partial charge is 0.0169 e. The summed E-state index contributed by atoms with van der Waals surface area (Å²) in [4.78, 5) is 0. The number of rotatable bonds is 42. The van der Waals surface area contributed by atoms with Crippen LogP contribution in [0.3, 0.4) is 0 Å². The molecule has 0 aliphatic heterocycles. The van der Waals surface area contributed by atoms with Crippen LogP contribution in [0.1, 0.15) is 338 Å². The Bertz CT molecular complexity index is 1200. The second kappa shape index (κ2) is 36.8. The van der Waals surface area contributed by atoms with Crippen molar-refractivity contribution in [1.82, 2.24) is 0 Å². The van der Waals surface area contributed by atoms with Gasteiger partial charge >= 0.3 is 0 Å². The monoisotopic (exact) mass is 941 g/mol. The first-order chi connectivity index (χ1) is 33.0. The third kappa shape index (κ3) is 27.1. The van der Waals surface area contributed by atoms with Gasteiger partial charge in [-0.15, -0.1) is 0 Å². The molecule has 0 unspecified atom stereocenters. The SMILES string of the molecule is CCCCC/C=C\C/C=C\CCCCCCCCC1(CCCCCCCC/C=C\C/C=C\CCCCC)CCC2(CC1)C[C@H]1C[C@@H](CCCCC(C)(C)CC)[C@@H](CCCCC(C)(C)CC)C[C@H]1C2. The van der Waals surface area contributed by atoms with E-state index < -0.39 is 0 Å². The lowest BCUT2D eigenvalue weighted by Crippen LogP contribution is -2.33. The summed E-state index contributed by atoms with van der Waals surface area (Å²) >= 11 is 0. The van der Waals surface area contributed by atoms with E-state index in [2.05, 4.69) is 104 Å². The van der Waals surface area contributed by atoms with Crippen molar-refractivity contribution in [2.75, 3.05) is 0 Å². The highest BCUT2D eigenvalue weighted by atomic mass is 14.6. The van der Waals surface area contributed by atoms with E-state index in [0.717, 1.165) is 36.5 Å². The van der Waals surface area contributed by atoms with Gasteiger partial charge in [0.1, 0.15) is 0 Å². The Morgan fingerprint density at radius 1 is 0.382 bits per heavy atom. The Labute approximate surface area is 429 Å². The van der Waals surface area contributed by atoms with Crippen molar-refractivity contribution >= 4 is 0 Å². The maximum Gasteiger partial charge on any atom is -0.0169 e. The van der Waals surface area contributed by atoms with Gasteiger partial charge in [-0.1, -0.05) is 245 Å². The van der Waals surface area contributed by atoms with Gasteiger partial charge in [0.15, 0.2) is 0 Å². The quantitative estimate of drug-likeness (QED) is 0.0423. The zero-order chi connectivity index (χ0) is 49.1. The lowest BCUT2D eigenvalue weighted by molar-refractivity contribution is 0.0568. The standard InChI is InChI=1S/C68H124/c1-9-13-15-17-19-21-23-25-27-29-31-33-35-37-39-43-51-67(52-44-40-38-36-34-32-30-28-26-24-22-20-18-16-14-10-2)53-55-68(56-54-67)59-63-57-61(47-41-45-49-65(5,6)11-3)62(58-64(63)60-68)48-42-46-50-66(7,8)12-4/h19-22,25-28,61-64H,9-18,23-24,29-60H2,1-8H3/b21-19-,22-20-,27-25-,28-26-/t61-,62+,63-,64+. The molecular weight excluding hydrogens is 817 g/mol. The van der Waals surface area contributed by atoms with E-state index in [1.54, 1.807) is 64.2 Å². The van der Waals surface area contributed by atoms with Gasteiger partial charge < -0.3 is 0 Å². The van der Waals surface area contributed by atoms with Gasteiger partial charge in [-0.2, -0.15) is 0 Å². The van der Waals surface area contributed by atoms with Crippen LogP contribution >= 0.6 is 0 Å². The average Bonchev–Trinajstić information content (AvgIpc) is 3.68. The molecule has 4 atom stereocenters. The molecule has 0 heterocycles. The Kier molecular flexibility index (Phi) is 33.2. The second-order valence-corrected chi connectivity index (χ2v) is 26.1. The minimum Gasteiger partial charge on any atom is -0.0882 e. The third-order valence-electron chi connectivity index (χ3n) is 19.4. The summed E-state index contributed by atoms with van der Waals surface area (Å²) in [5.41, 5.74) is 2.42. The summed E-state index contributed by atoms with van der Waals surface area (Å²) in [6, 6.07) is 0. The molecule has 3 fully saturated rings. The van der Waals surface area contributed by atoms with Crippen LogP contribution in [0.2, 0.25) is 0 Å². The molecule has 0 saturated heterocycles. The molecule has 3 aliphatic rings. The molecule has 396 valence electrons. The number of hydrogen-bond donors (Lipinski definition) is 0. The van der Waals surface area contributed by atoms with Crippen LogP contribution in [0, 0.1) is 45.3 Å². The van der Waals surface area contributed by atoms with E-state index >= 15 is 0 Å². The molecule has 0 nitrogen and oxygen atoms in total. The van der Waals surface area contributed by atoms with Crippen LogP contribution in [0.15, 0.2) is 48.6 Å². The summed E-state index contributed by atoms with van der Waals surface area (Å²) in [5.74, 6) is 4.14. The van der Waals surface area contributed by atoms with Crippen LogP contribution in [-0.4, -0.2) is 0 Å². The van der Waals surface area contributed by atoms with Crippen LogP contribution in [0.5, 0.6) is 0 Å². The van der Waals surface area contributed by atoms with Crippen molar-refractivity contribution in [2.24, 2.45) is 45.3 Å². The first-order valence-electron chi connectivity index (χ1n) is 31.6. The third-order valence-corrected chi connectivity index (χ3v) is 19.4. The van der Waals surface area contributed by atoms with E-state index in [4.69, 9.17) is 0 Å². The Hall–Kier alpha value is -1.04. The van der Waals surface area contributed by atoms with E-state index in [-0.39, 0.29) is 0 Å². The van der Waals surface area contributed by atoms with Crippen molar-refractivity contribution in [2.45, 2.75) is 338 Å². The molecule has 0 bridgehead atoms. The van der Waals surface area contributed by atoms with Crippen LogP contribution in [0.25, 0.3) is 0 Å². The maximum atomic E-state index is 2.51. The molecule has 0 aromatic carbocycles. The highest BCUT2D eigenvalue weighted by Crippen LogP contribution is 2.63. The van der Waals surface area contributed by atoms with Gasteiger partial charge in [0.05, 0.1) is 0 Å². The van der Waals surface area contributed by atoms with Crippen LogP contribution in [0.4, 0.5) is 0 Å². The fourth-order valence-corrected chi connectivity index (χ4v) is 13.6. The molecule has 68 heavy (non-hydrogen) atoms. The normalized spacial score (nSPS) is 22.0. The largest absolute Gasteiger partial charge is 0.0882 e. The summed E-state index contributed by atoms with van der Waals surface area (Å²) in [5, 5.41) is 0. The number of unbranched alkanes of at least 4 members (excludes halogenated alkanes) is 20. The fraction of sp³-hybridized carbons (Fsp3) is 0.882. The average molecular weight is 942 g/mol. The van der Waals surface area contributed by atoms with E-state index in [0.29, 0.717) is 21.7 Å². The maximum absolute atomic E-state index is 2.51. The number of fused-ring (bicyclic) bond motifs is 1. The molecule has 0 N–H and O–H groups in total. The highest BCUT2D eigenvalue weighted by molar-refractivity contribution is 5.03. The minimum absolute atomic E-state index is 0.530. The minimum atomic E-state index is 0.530. The molecule has 3 saturated carbocycles. The highest BCUT2D eigenvalue weighted by Gasteiger charge is 2.52. The Balaban J connectivity index is 1.48. The van der Waals surface area contributed by atoms with E-state index in [1.165, 1.54) is 205 Å². The molecule has 0 aromatic heterocycles. The van der Waals surface area contributed by atoms with Crippen molar-refractivity contribution in [3.63, 3.8) is 0 Å². The molecule has 3 rings (SSSR count). The summed E-state index contributed by atoms with van der Waals surface area (Å²) in [7, 11) is 0. The predicted molar refractivity (Wildman–Crippen MR) is 309 cm³/mol. The first-order valence-corrected chi connectivity index (χ1v) is 31.6. The second-order valence-electron chi connectivity index (χ2n) is 26.1. The Morgan fingerprint density at radius 2 is 0.735 bits per heavy atom. The van der Waals surface area contributed by atoms with Crippen LogP contribution < -0.4 is 0 Å². The van der Waals surface area contributed by atoms with Gasteiger partial charge in [0.2, 0.25) is 0 Å². The van der Waals surface area contributed by atoms with E-state index in [1.807, 2.05) is 0 Å². The number of allylic oxidation sites excluding steroid dienone is 8. The summed E-state index contributed by atoms with van der Waals surface area (Å²) in [6.07, 6.45) is 82.4. The van der Waals surface area contributed by atoms with Crippen molar-refractivity contribution < 1.29 is 0 Å². The lowest BCUT2D eigenvalue weighted by Gasteiger charge is -2.46.